The molecule has 1 N–H and O–H groups in total. The van der Waals surface area contributed by atoms with E-state index in [-0.39, 0.29) is 6.04 Å². The van der Waals surface area contributed by atoms with Crippen molar-refractivity contribution in [2.75, 3.05) is 19.8 Å². The van der Waals surface area contributed by atoms with E-state index in [2.05, 4.69) is 15.1 Å². The van der Waals surface area contributed by atoms with Crippen LogP contribution in [0.25, 0.3) is 0 Å². The average Bonchev–Trinajstić information content (AvgIpc) is 2.85. The van der Waals surface area contributed by atoms with Crippen molar-refractivity contribution >= 4 is 5.91 Å². The monoisotopic (exact) mass is 223 g/mol. The zero-order valence-electron chi connectivity index (χ0n) is 9.98. The van der Waals surface area contributed by atoms with E-state index >= 15 is 0 Å². The molecule has 0 aromatic rings. The summed E-state index contributed by atoms with van der Waals surface area (Å²) in [5.41, 5.74) is 0. The smallest absolute Gasteiger partial charge is 0.240 e. The molecule has 0 aromatic carbocycles. The molecule has 3 aliphatic rings. The molecule has 0 saturated carbocycles. The zero-order valence-corrected chi connectivity index (χ0v) is 9.98. The molecule has 16 heavy (non-hydrogen) atoms. The lowest BCUT2D eigenvalue weighted by Crippen LogP contribution is -2.48. The van der Waals surface area contributed by atoms with Crippen LogP contribution >= 0.6 is 0 Å². The van der Waals surface area contributed by atoms with Gasteiger partial charge in [-0.25, -0.2) is 0 Å². The average molecular weight is 223 g/mol. The Kier molecular flexibility index (Phi) is 2.64. The second kappa shape index (κ2) is 4.00. The summed E-state index contributed by atoms with van der Waals surface area (Å²) in [5.74, 6) is 0.303. The number of carbonyl (C=O) groups is 1. The molecular formula is C12H21N3O. The molecule has 1 amide bonds. The van der Waals surface area contributed by atoms with Gasteiger partial charge in [0, 0.05) is 18.6 Å². The third kappa shape index (κ3) is 1.55. The third-order valence-electron chi connectivity index (χ3n) is 4.44. The molecule has 0 aliphatic carbocycles. The van der Waals surface area contributed by atoms with Gasteiger partial charge in [0.2, 0.25) is 5.91 Å². The number of carbonyl (C=O) groups excluding carboxylic acids is 1. The van der Waals surface area contributed by atoms with Crippen molar-refractivity contribution in [2.45, 2.75) is 50.7 Å². The van der Waals surface area contributed by atoms with Gasteiger partial charge in [-0.1, -0.05) is 6.42 Å². The maximum atomic E-state index is 12.0. The van der Waals surface area contributed by atoms with Crippen LogP contribution < -0.4 is 5.32 Å². The van der Waals surface area contributed by atoms with E-state index in [4.69, 9.17) is 0 Å². The fraction of sp³-hybridized carbons (Fsp3) is 0.917. The summed E-state index contributed by atoms with van der Waals surface area (Å²) in [6.45, 7) is 5.16. The predicted octanol–water partition coefficient (Wildman–Crippen LogP) is 0.391. The summed E-state index contributed by atoms with van der Waals surface area (Å²) in [7, 11) is 0. The topological polar surface area (TPSA) is 35.6 Å². The Bertz CT molecular complexity index is 294. The van der Waals surface area contributed by atoms with Crippen molar-refractivity contribution < 1.29 is 4.79 Å². The first-order chi connectivity index (χ1) is 7.77. The van der Waals surface area contributed by atoms with Gasteiger partial charge in [0.1, 0.15) is 0 Å². The minimum atomic E-state index is 0.0256. The molecule has 4 nitrogen and oxygen atoms in total. The third-order valence-corrected chi connectivity index (χ3v) is 4.44. The zero-order chi connectivity index (χ0) is 11.1. The molecule has 90 valence electrons. The summed E-state index contributed by atoms with van der Waals surface area (Å²) in [4.78, 5) is 16.7. The lowest BCUT2D eigenvalue weighted by atomic mass is 9.98. The Balaban J connectivity index is 1.73. The molecule has 4 heteroatoms. The number of fused-ring (bicyclic) bond motifs is 1. The summed E-state index contributed by atoms with van der Waals surface area (Å²) in [6.07, 6.45) is 5.13. The van der Waals surface area contributed by atoms with Crippen LogP contribution in [0.5, 0.6) is 0 Å². The van der Waals surface area contributed by atoms with Gasteiger partial charge in [-0.15, -0.1) is 0 Å². The van der Waals surface area contributed by atoms with Crippen molar-refractivity contribution in [1.82, 2.24) is 15.1 Å². The molecule has 0 aromatic heterocycles. The summed E-state index contributed by atoms with van der Waals surface area (Å²) >= 11 is 0. The van der Waals surface area contributed by atoms with Gasteiger partial charge >= 0.3 is 0 Å². The minimum Gasteiger partial charge on any atom is -0.324 e. The van der Waals surface area contributed by atoms with E-state index in [0.29, 0.717) is 18.0 Å². The molecule has 0 radical (unpaired) electrons. The van der Waals surface area contributed by atoms with Crippen LogP contribution in [0, 0.1) is 0 Å². The normalized spacial score (nSPS) is 40.4. The van der Waals surface area contributed by atoms with Gasteiger partial charge in [0.05, 0.1) is 12.7 Å². The number of hydrogen-bond acceptors (Lipinski definition) is 3. The Hall–Kier alpha value is -0.610. The number of nitrogens with one attached hydrogen (secondary N) is 1. The van der Waals surface area contributed by atoms with E-state index in [1.165, 1.54) is 38.8 Å². The second-order valence-corrected chi connectivity index (χ2v) is 5.35. The first kappa shape index (κ1) is 10.5. The van der Waals surface area contributed by atoms with Gasteiger partial charge in [-0.05, 0) is 32.7 Å². The van der Waals surface area contributed by atoms with Crippen LogP contribution in [-0.2, 0) is 4.79 Å². The minimum absolute atomic E-state index is 0.0256. The van der Waals surface area contributed by atoms with Crippen LogP contribution in [0.2, 0.25) is 0 Å². The number of nitrogens with zero attached hydrogens (tertiary/aromatic N) is 2. The first-order valence-electron chi connectivity index (χ1n) is 6.55. The van der Waals surface area contributed by atoms with E-state index < -0.39 is 0 Å². The van der Waals surface area contributed by atoms with Gasteiger partial charge in [0.15, 0.2) is 0 Å². The molecule has 3 unspecified atom stereocenters. The highest BCUT2D eigenvalue weighted by molar-refractivity contribution is 5.83. The van der Waals surface area contributed by atoms with E-state index in [1.807, 2.05) is 6.92 Å². The Morgan fingerprint density at radius 1 is 1.19 bits per heavy atom. The molecule has 3 rings (SSSR count). The number of hydrogen-bond donors (Lipinski definition) is 1. The first-order valence-corrected chi connectivity index (χ1v) is 6.55. The number of piperidine rings is 1. The van der Waals surface area contributed by atoms with Crippen molar-refractivity contribution in [1.29, 1.82) is 0 Å². The maximum Gasteiger partial charge on any atom is 0.240 e. The van der Waals surface area contributed by atoms with Crippen LogP contribution in [0.4, 0.5) is 0 Å². The van der Waals surface area contributed by atoms with Crippen LogP contribution in [0.3, 0.4) is 0 Å². The van der Waals surface area contributed by atoms with Crippen LogP contribution in [0.15, 0.2) is 0 Å². The second-order valence-electron chi connectivity index (χ2n) is 5.35. The lowest BCUT2D eigenvalue weighted by molar-refractivity contribution is -0.131. The highest BCUT2D eigenvalue weighted by Crippen LogP contribution is 2.31. The lowest BCUT2D eigenvalue weighted by Gasteiger charge is -2.35. The van der Waals surface area contributed by atoms with E-state index in [0.717, 1.165) is 6.67 Å². The molecular weight excluding hydrogens is 202 g/mol. The highest BCUT2D eigenvalue weighted by Gasteiger charge is 2.43. The largest absolute Gasteiger partial charge is 0.324 e. The molecule has 3 heterocycles. The predicted molar refractivity (Wildman–Crippen MR) is 61.9 cm³/mol. The van der Waals surface area contributed by atoms with Crippen LogP contribution in [0.1, 0.15) is 32.6 Å². The Morgan fingerprint density at radius 2 is 2.06 bits per heavy atom. The van der Waals surface area contributed by atoms with Crippen LogP contribution in [-0.4, -0.2) is 53.6 Å². The molecule has 0 bridgehead atoms. The number of rotatable bonds is 1. The number of amides is 1. The fourth-order valence-electron chi connectivity index (χ4n) is 3.51. The quantitative estimate of drug-likeness (QED) is 0.698. The van der Waals surface area contributed by atoms with Gasteiger partial charge in [-0.2, -0.15) is 0 Å². The Morgan fingerprint density at radius 3 is 2.81 bits per heavy atom. The Labute approximate surface area is 97.0 Å². The van der Waals surface area contributed by atoms with Crippen molar-refractivity contribution in [3.8, 4) is 0 Å². The van der Waals surface area contributed by atoms with Crippen molar-refractivity contribution in [2.24, 2.45) is 0 Å². The van der Waals surface area contributed by atoms with Crippen molar-refractivity contribution in [3.63, 3.8) is 0 Å². The SMILES string of the molecule is CC1NCN(C2CCN3CCCCC23)C1=O. The van der Waals surface area contributed by atoms with E-state index in [1.54, 1.807) is 0 Å². The molecule has 3 atom stereocenters. The summed E-state index contributed by atoms with van der Waals surface area (Å²) < 4.78 is 0. The maximum absolute atomic E-state index is 12.0. The molecule has 3 aliphatic heterocycles. The molecule has 0 spiro atoms. The van der Waals surface area contributed by atoms with Crippen molar-refractivity contribution in [3.05, 3.63) is 0 Å². The molecule has 3 saturated heterocycles. The molecule has 3 fully saturated rings. The summed E-state index contributed by atoms with van der Waals surface area (Å²) in [6, 6.07) is 1.15. The highest BCUT2D eigenvalue weighted by atomic mass is 16.2. The summed E-state index contributed by atoms with van der Waals surface area (Å²) in [5, 5.41) is 3.25. The van der Waals surface area contributed by atoms with E-state index in [9.17, 15) is 4.79 Å². The standard InChI is InChI=1S/C12H21N3O/c1-9-12(16)15(8-13-9)11-5-7-14-6-3-2-4-10(11)14/h9-11,13H,2-8H2,1H3. The van der Waals surface area contributed by atoms with Gasteiger partial charge in [-0.3, -0.25) is 15.0 Å². The fourth-order valence-corrected chi connectivity index (χ4v) is 3.51. The van der Waals surface area contributed by atoms with Gasteiger partial charge in [0.25, 0.3) is 0 Å². The van der Waals surface area contributed by atoms with Gasteiger partial charge < -0.3 is 4.90 Å².